The molecule has 1 aromatic heterocycles. The molecule has 10 heteroatoms. The molecule has 1 fully saturated rings. The van der Waals surface area contributed by atoms with E-state index in [0.717, 1.165) is 31.2 Å². The first-order valence-electron chi connectivity index (χ1n) is 15.9. The van der Waals surface area contributed by atoms with Crippen LogP contribution in [0.4, 0.5) is 0 Å². The topological polar surface area (TPSA) is 133 Å². The zero-order valence-corrected chi connectivity index (χ0v) is 26.7. The van der Waals surface area contributed by atoms with Gasteiger partial charge in [0.25, 0.3) is 5.91 Å². The number of hydrogen-bond donors (Lipinski definition) is 4. The molecule has 0 spiro atoms. The average Bonchev–Trinajstić information content (AvgIpc) is 3.00. The second-order valence-corrected chi connectivity index (χ2v) is 12.5. The van der Waals surface area contributed by atoms with Crippen molar-refractivity contribution in [2.45, 2.75) is 89.6 Å². The predicted molar refractivity (Wildman–Crippen MR) is 170 cm³/mol. The van der Waals surface area contributed by atoms with Gasteiger partial charge in [0.2, 0.25) is 18.0 Å². The summed E-state index contributed by atoms with van der Waals surface area (Å²) in [6.07, 6.45) is 5.91. The number of nitrogens with zero attached hydrogens (tertiary/aromatic N) is 2. The van der Waals surface area contributed by atoms with E-state index in [-0.39, 0.29) is 31.3 Å². The van der Waals surface area contributed by atoms with E-state index >= 15 is 0 Å². The number of pyridine rings is 1. The lowest BCUT2D eigenvalue weighted by Crippen LogP contribution is -2.57. The fourth-order valence-electron chi connectivity index (χ4n) is 5.51. The number of ether oxygens (including phenoxy) is 1. The van der Waals surface area contributed by atoms with Gasteiger partial charge in [0.05, 0.1) is 18.3 Å². The molecule has 3 rings (SSSR count). The zero-order chi connectivity index (χ0) is 31.9. The third-order valence-corrected chi connectivity index (χ3v) is 7.87. The quantitative estimate of drug-likeness (QED) is 0.202. The van der Waals surface area contributed by atoms with Crippen LogP contribution in [0.2, 0.25) is 0 Å². The molecule has 1 unspecified atom stereocenters. The van der Waals surface area contributed by atoms with Gasteiger partial charge in [-0.15, -0.1) is 0 Å². The number of likely N-dealkylation sites (N-methyl/N-ethyl adjacent to an activating group) is 1. The fourth-order valence-corrected chi connectivity index (χ4v) is 5.51. The largest absolute Gasteiger partial charge is 0.385 e. The second-order valence-electron chi connectivity index (χ2n) is 12.5. The molecule has 44 heavy (non-hydrogen) atoms. The Balaban J connectivity index is 1.81. The molecule has 0 saturated heterocycles. The van der Waals surface area contributed by atoms with Crippen LogP contribution in [0.25, 0.3) is 0 Å². The highest BCUT2D eigenvalue weighted by atomic mass is 16.5. The van der Waals surface area contributed by atoms with Gasteiger partial charge in [0.15, 0.2) is 0 Å². The van der Waals surface area contributed by atoms with E-state index in [1.54, 1.807) is 24.4 Å². The van der Waals surface area contributed by atoms with E-state index in [1.807, 2.05) is 63.2 Å². The summed E-state index contributed by atoms with van der Waals surface area (Å²) in [4.78, 5) is 46.5. The Bertz CT molecular complexity index is 1140. The van der Waals surface area contributed by atoms with Crippen LogP contribution in [0, 0.1) is 11.8 Å². The van der Waals surface area contributed by atoms with Crippen LogP contribution in [0.3, 0.4) is 0 Å². The van der Waals surface area contributed by atoms with Crippen molar-refractivity contribution in [3.05, 3.63) is 66.0 Å². The van der Waals surface area contributed by atoms with Crippen molar-refractivity contribution in [2.75, 3.05) is 27.2 Å². The monoisotopic (exact) mass is 609 g/mol. The molecule has 4 atom stereocenters. The minimum atomic E-state index is -1.33. The van der Waals surface area contributed by atoms with E-state index < -0.39 is 36.2 Å². The van der Waals surface area contributed by atoms with Crippen LogP contribution in [0.15, 0.2) is 54.7 Å². The Morgan fingerprint density at radius 3 is 2.30 bits per heavy atom. The van der Waals surface area contributed by atoms with Gasteiger partial charge in [0.1, 0.15) is 12.1 Å². The SMILES string of the molecule is CC(C)CC(=O)N[C@@H](Cc1ccccc1)C(=O)N[C@@H](OCCN(C)C)C(=O)NC(CC1CCCCC1)[C@@H](O)c1ccccn1. The van der Waals surface area contributed by atoms with Gasteiger partial charge >= 0.3 is 0 Å². The summed E-state index contributed by atoms with van der Waals surface area (Å²) in [6, 6.07) is 13.2. The Labute approximate surface area is 262 Å². The number of carbonyl (C=O) groups is 3. The summed E-state index contributed by atoms with van der Waals surface area (Å²) >= 11 is 0. The number of benzene rings is 1. The molecule has 10 nitrogen and oxygen atoms in total. The molecule has 3 amide bonds. The predicted octanol–water partition coefficient (Wildman–Crippen LogP) is 3.36. The van der Waals surface area contributed by atoms with Gasteiger partial charge in [-0.1, -0.05) is 82.3 Å². The van der Waals surface area contributed by atoms with Crippen molar-refractivity contribution in [2.24, 2.45) is 11.8 Å². The molecule has 242 valence electrons. The van der Waals surface area contributed by atoms with E-state index in [2.05, 4.69) is 20.9 Å². The summed E-state index contributed by atoms with van der Waals surface area (Å²) in [6.45, 7) is 4.59. The third kappa shape index (κ3) is 12.3. The Kier molecular flexibility index (Phi) is 14.7. The molecule has 1 aliphatic carbocycles. The van der Waals surface area contributed by atoms with Crippen molar-refractivity contribution in [3.63, 3.8) is 0 Å². The Hall–Kier alpha value is -3.34. The molecule has 0 radical (unpaired) electrons. The smallest absolute Gasteiger partial charge is 0.270 e. The minimum absolute atomic E-state index is 0.120. The fraction of sp³-hybridized carbons (Fsp3) is 0.588. The maximum atomic E-state index is 13.8. The van der Waals surface area contributed by atoms with Crippen LogP contribution in [0.1, 0.15) is 76.2 Å². The highest BCUT2D eigenvalue weighted by Gasteiger charge is 2.33. The van der Waals surface area contributed by atoms with E-state index in [9.17, 15) is 19.5 Å². The highest BCUT2D eigenvalue weighted by Crippen LogP contribution is 2.30. The summed E-state index contributed by atoms with van der Waals surface area (Å²) in [7, 11) is 3.78. The number of aliphatic hydroxyl groups excluding tert-OH is 1. The lowest BCUT2D eigenvalue weighted by atomic mass is 9.83. The number of carbonyl (C=O) groups excluding carboxylic acids is 3. The summed E-state index contributed by atoms with van der Waals surface area (Å²) in [5, 5.41) is 19.9. The molecule has 1 saturated carbocycles. The zero-order valence-electron chi connectivity index (χ0n) is 26.7. The van der Waals surface area contributed by atoms with Crippen molar-refractivity contribution >= 4 is 17.7 Å². The van der Waals surface area contributed by atoms with Gasteiger partial charge in [-0.25, -0.2) is 0 Å². The number of rotatable bonds is 17. The van der Waals surface area contributed by atoms with Crippen molar-refractivity contribution < 1.29 is 24.2 Å². The molecule has 2 aromatic rings. The molecule has 0 aliphatic heterocycles. The molecular formula is C34H51N5O5. The van der Waals surface area contributed by atoms with Crippen LogP contribution in [-0.4, -0.2) is 78.3 Å². The van der Waals surface area contributed by atoms with E-state index in [1.165, 1.54) is 6.42 Å². The Morgan fingerprint density at radius 1 is 0.955 bits per heavy atom. The maximum Gasteiger partial charge on any atom is 0.270 e. The van der Waals surface area contributed by atoms with Gasteiger partial charge in [-0.3, -0.25) is 19.4 Å². The lowest BCUT2D eigenvalue weighted by Gasteiger charge is -2.31. The number of amides is 3. The standard InChI is InChI=1S/C34H51N5O5/c1-24(2)21-30(40)36-29(23-26-15-9-6-10-16-26)32(42)38-34(44-20-19-39(3)4)33(43)37-28(22-25-13-7-5-8-14-25)31(41)27-17-11-12-18-35-27/h6,9-12,15-18,24-25,28-29,31,34,41H,5,7-8,13-14,19-23H2,1-4H3,(H,36,40)(H,37,43)(H,38,42)/t28?,29-,31-,34-/m0/s1. The van der Waals surface area contributed by atoms with E-state index in [4.69, 9.17) is 4.74 Å². The molecule has 4 N–H and O–H groups in total. The molecule has 1 heterocycles. The lowest BCUT2D eigenvalue weighted by molar-refractivity contribution is -0.143. The van der Waals surface area contributed by atoms with Gasteiger partial charge in [-0.2, -0.15) is 0 Å². The van der Waals surface area contributed by atoms with E-state index in [0.29, 0.717) is 24.6 Å². The van der Waals surface area contributed by atoms with Crippen LogP contribution in [0.5, 0.6) is 0 Å². The van der Waals surface area contributed by atoms with Crippen molar-refractivity contribution in [3.8, 4) is 0 Å². The van der Waals surface area contributed by atoms with Gasteiger partial charge in [-0.05, 0) is 50.0 Å². The van der Waals surface area contributed by atoms with Crippen molar-refractivity contribution in [1.29, 1.82) is 0 Å². The average molecular weight is 610 g/mol. The third-order valence-electron chi connectivity index (χ3n) is 7.87. The molecule has 1 aliphatic rings. The molecule has 1 aromatic carbocycles. The summed E-state index contributed by atoms with van der Waals surface area (Å²) in [5.74, 6) is -0.835. The normalized spacial score (nSPS) is 16.6. The van der Waals surface area contributed by atoms with Gasteiger partial charge in [0, 0.05) is 25.6 Å². The highest BCUT2D eigenvalue weighted by molar-refractivity contribution is 5.91. The number of aliphatic hydroxyl groups is 1. The van der Waals surface area contributed by atoms with Crippen molar-refractivity contribution in [1.82, 2.24) is 25.8 Å². The minimum Gasteiger partial charge on any atom is -0.385 e. The summed E-state index contributed by atoms with van der Waals surface area (Å²) in [5.41, 5.74) is 1.34. The van der Waals surface area contributed by atoms with Gasteiger partial charge < -0.3 is 30.7 Å². The summed E-state index contributed by atoms with van der Waals surface area (Å²) < 4.78 is 5.94. The molecule has 0 bridgehead atoms. The first kappa shape index (κ1) is 35.1. The van der Waals surface area contributed by atoms with Crippen LogP contribution < -0.4 is 16.0 Å². The second kappa shape index (κ2) is 18.5. The first-order chi connectivity index (χ1) is 21.1. The number of nitrogens with one attached hydrogen (secondary N) is 3. The van der Waals surface area contributed by atoms with Crippen LogP contribution in [-0.2, 0) is 25.5 Å². The molecular weight excluding hydrogens is 558 g/mol. The number of aromatic nitrogens is 1. The van der Waals surface area contributed by atoms with Crippen LogP contribution >= 0.6 is 0 Å². The maximum absolute atomic E-state index is 13.8. The first-order valence-corrected chi connectivity index (χ1v) is 15.9. The Morgan fingerprint density at radius 2 is 1.66 bits per heavy atom. The number of hydrogen-bond acceptors (Lipinski definition) is 7.